The smallest absolute Gasteiger partial charge is 0.328 e. The molecule has 1 N–H and O–H groups in total. The lowest BCUT2D eigenvalue weighted by molar-refractivity contribution is -0.385. The Labute approximate surface area is 156 Å². The molecule has 0 saturated heterocycles. The van der Waals surface area contributed by atoms with Crippen LogP contribution in [0.4, 0.5) is 5.69 Å². The van der Waals surface area contributed by atoms with E-state index in [2.05, 4.69) is 0 Å². The zero-order chi connectivity index (χ0) is 19.1. The van der Waals surface area contributed by atoms with Gasteiger partial charge in [-0.3, -0.25) is 10.1 Å². The summed E-state index contributed by atoms with van der Waals surface area (Å²) in [7, 11) is 0. The van der Waals surface area contributed by atoms with Gasteiger partial charge in [0, 0.05) is 17.7 Å². The highest BCUT2D eigenvalue weighted by atomic mass is 16.6. The zero-order valence-corrected chi connectivity index (χ0v) is 14.8. The van der Waals surface area contributed by atoms with Crippen LogP contribution in [0.25, 0.3) is 5.57 Å². The molecule has 0 aromatic heterocycles. The van der Waals surface area contributed by atoms with E-state index in [1.54, 1.807) is 6.92 Å². The van der Waals surface area contributed by atoms with E-state index >= 15 is 0 Å². The van der Waals surface area contributed by atoms with Gasteiger partial charge in [-0.1, -0.05) is 30.3 Å². The Bertz CT molecular complexity index is 947. The fraction of sp³-hybridized carbons (Fsp3) is 0.286. The molecule has 0 amide bonds. The number of rotatable bonds is 5. The number of hydrogen-bond donors (Lipinski definition) is 1. The average molecular weight is 365 g/mol. The summed E-state index contributed by atoms with van der Waals surface area (Å²) in [5, 5.41) is 20.7. The molecule has 0 unspecified atom stereocenters. The summed E-state index contributed by atoms with van der Waals surface area (Å²) in [6.45, 7) is 1.64. The monoisotopic (exact) mass is 365 g/mol. The first kappa shape index (κ1) is 17.3. The number of nitro benzene ring substituents is 1. The summed E-state index contributed by atoms with van der Waals surface area (Å²) in [5.41, 5.74) is 2.71. The van der Waals surface area contributed by atoms with Gasteiger partial charge in [-0.05, 0) is 48.4 Å². The molecule has 2 aromatic carbocycles. The second-order valence-electron chi connectivity index (χ2n) is 7.14. The number of fused-ring (bicyclic) bond motifs is 1. The SMILES string of the molecule is C/C(=C/C(=O)O)c1cc2c(c([N+](=O)[O-])c1)O[C@H](C1CC1)[C@H]2c1ccccc1. The van der Waals surface area contributed by atoms with Crippen molar-refractivity contribution in [2.45, 2.75) is 31.8 Å². The molecular weight excluding hydrogens is 346 g/mol. The Morgan fingerprint density at radius 2 is 1.96 bits per heavy atom. The molecule has 1 heterocycles. The second kappa shape index (κ2) is 6.54. The van der Waals surface area contributed by atoms with Gasteiger partial charge in [-0.25, -0.2) is 4.79 Å². The molecular formula is C21H19NO5. The third-order valence-electron chi connectivity index (χ3n) is 5.25. The van der Waals surface area contributed by atoms with Crippen LogP contribution in [0.3, 0.4) is 0 Å². The molecule has 1 saturated carbocycles. The van der Waals surface area contributed by atoms with Crippen LogP contribution in [-0.2, 0) is 4.79 Å². The highest BCUT2D eigenvalue weighted by Crippen LogP contribution is 2.54. The Hall–Kier alpha value is -3.15. The van der Waals surface area contributed by atoms with E-state index in [0.717, 1.165) is 30.0 Å². The summed E-state index contributed by atoms with van der Waals surface area (Å²) < 4.78 is 6.13. The van der Waals surface area contributed by atoms with Crippen LogP contribution in [0.2, 0.25) is 0 Å². The van der Waals surface area contributed by atoms with Gasteiger partial charge >= 0.3 is 11.7 Å². The molecule has 2 aliphatic rings. The maximum absolute atomic E-state index is 11.7. The van der Waals surface area contributed by atoms with E-state index in [9.17, 15) is 14.9 Å². The Morgan fingerprint density at radius 1 is 1.26 bits per heavy atom. The van der Waals surface area contributed by atoms with Gasteiger partial charge < -0.3 is 9.84 Å². The van der Waals surface area contributed by atoms with E-state index in [1.165, 1.54) is 6.07 Å². The minimum Gasteiger partial charge on any atom is -0.482 e. The van der Waals surface area contributed by atoms with Gasteiger partial charge in [0.25, 0.3) is 0 Å². The summed E-state index contributed by atoms with van der Waals surface area (Å²) in [5.74, 6) is -0.466. The van der Waals surface area contributed by atoms with Crippen molar-refractivity contribution in [2.75, 3.05) is 0 Å². The van der Waals surface area contributed by atoms with Crippen LogP contribution in [0, 0.1) is 16.0 Å². The minimum absolute atomic E-state index is 0.0926. The third kappa shape index (κ3) is 3.18. The number of ether oxygens (including phenoxy) is 1. The van der Waals surface area contributed by atoms with Gasteiger partial charge in [0.1, 0.15) is 6.10 Å². The van der Waals surface area contributed by atoms with Crippen LogP contribution in [0.15, 0.2) is 48.5 Å². The molecule has 2 aromatic rings. The van der Waals surface area contributed by atoms with E-state index in [-0.39, 0.29) is 17.7 Å². The fourth-order valence-electron chi connectivity index (χ4n) is 3.83. The lowest BCUT2D eigenvalue weighted by atomic mass is 9.85. The predicted molar refractivity (Wildman–Crippen MR) is 99.8 cm³/mol. The standard InChI is InChI=1S/C21H19NO5/c1-12(9-18(23)24)15-10-16-19(13-5-3-2-4-6-13)20(14-7-8-14)27-21(16)17(11-15)22(25)26/h2-6,9-11,14,19-20H,7-8H2,1H3,(H,23,24)/b12-9-/t19-,20+/m0/s1. The number of carboxylic acids is 1. The first-order valence-corrected chi connectivity index (χ1v) is 8.91. The van der Waals surface area contributed by atoms with Crippen molar-refractivity contribution in [3.63, 3.8) is 0 Å². The quantitative estimate of drug-likeness (QED) is 0.482. The second-order valence-corrected chi connectivity index (χ2v) is 7.14. The Kier molecular flexibility index (Phi) is 4.18. The van der Waals surface area contributed by atoms with Crippen LogP contribution in [0.5, 0.6) is 5.75 Å². The molecule has 2 atom stereocenters. The molecule has 138 valence electrons. The predicted octanol–water partition coefficient (Wildman–Crippen LogP) is 4.39. The molecule has 6 heteroatoms. The lowest BCUT2D eigenvalue weighted by Gasteiger charge is -2.19. The number of allylic oxidation sites excluding steroid dienone is 1. The fourth-order valence-corrected chi connectivity index (χ4v) is 3.83. The van der Waals surface area contributed by atoms with Gasteiger partial charge in [-0.2, -0.15) is 0 Å². The van der Waals surface area contributed by atoms with Crippen molar-refractivity contribution in [1.29, 1.82) is 0 Å². The highest BCUT2D eigenvalue weighted by Gasteiger charge is 2.47. The molecule has 0 bridgehead atoms. The van der Waals surface area contributed by atoms with E-state index in [1.807, 2.05) is 36.4 Å². The first-order valence-electron chi connectivity index (χ1n) is 8.91. The molecule has 27 heavy (non-hydrogen) atoms. The van der Waals surface area contributed by atoms with Crippen molar-refractivity contribution in [3.8, 4) is 5.75 Å². The maximum Gasteiger partial charge on any atom is 0.328 e. The summed E-state index contributed by atoms with van der Waals surface area (Å²) in [4.78, 5) is 22.3. The largest absolute Gasteiger partial charge is 0.482 e. The number of nitrogens with zero attached hydrogens (tertiary/aromatic N) is 1. The number of benzene rings is 2. The van der Waals surface area contributed by atoms with Crippen molar-refractivity contribution < 1.29 is 19.6 Å². The van der Waals surface area contributed by atoms with Crippen LogP contribution >= 0.6 is 0 Å². The molecule has 4 rings (SSSR count). The van der Waals surface area contributed by atoms with Crippen molar-refractivity contribution in [3.05, 3.63) is 75.3 Å². The Morgan fingerprint density at radius 3 is 2.56 bits per heavy atom. The lowest BCUT2D eigenvalue weighted by Crippen LogP contribution is -2.22. The van der Waals surface area contributed by atoms with Gasteiger partial charge in [-0.15, -0.1) is 0 Å². The average Bonchev–Trinajstić information content (AvgIpc) is 3.41. The maximum atomic E-state index is 11.7. The minimum atomic E-state index is -1.08. The van der Waals surface area contributed by atoms with Crippen molar-refractivity contribution in [2.24, 2.45) is 5.92 Å². The van der Waals surface area contributed by atoms with E-state index in [4.69, 9.17) is 9.84 Å². The van der Waals surface area contributed by atoms with Crippen molar-refractivity contribution in [1.82, 2.24) is 0 Å². The summed E-state index contributed by atoms with van der Waals surface area (Å²) in [6, 6.07) is 13.1. The summed E-state index contributed by atoms with van der Waals surface area (Å²) >= 11 is 0. The van der Waals surface area contributed by atoms with Crippen LogP contribution in [0.1, 0.15) is 42.4 Å². The van der Waals surface area contributed by atoms with E-state index < -0.39 is 10.9 Å². The summed E-state index contributed by atoms with van der Waals surface area (Å²) in [6.07, 6.45) is 3.05. The molecule has 6 nitrogen and oxygen atoms in total. The Balaban J connectivity index is 1.90. The number of aliphatic carboxylic acids is 1. The topological polar surface area (TPSA) is 89.7 Å². The first-order chi connectivity index (χ1) is 13.0. The highest BCUT2D eigenvalue weighted by molar-refractivity contribution is 5.90. The number of hydrogen-bond acceptors (Lipinski definition) is 4. The van der Waals surface area contributed by atoms with Crippen molar-refractivity contribution >= 4 is 17.2 Å². The number of nitro groups is 1. The molecule has 1 fully saturated rings. The number of carbonyl (C=O) groups is 1. The zero-order valence-electron chi connectivity index (χ0n) is 14.8. The van der Waals surface area contributed by atoms with Gasteiger partial charge in [0.15, 0.2) is 0 Å². The van der Waals surface area contributed by atoms with Crippen LogP contribution in [-0.4, -0.2) is 22.1 Å². The normalized spacial score (nSPS) is 21.4. The van der Waals surface area contributed by atoms with E-state index in [0.29, 0.717) is 22.8 Å². The molecule has 0 spiro atoms. The van der Waals surface area contributed by atoms with Crippen LogP contribution < -0.4 is 4.74 Å². The van der Waals surface area contributed by atoms with Gasteiger partial charge in [0.05, 0.1) is 10.8 Å². The number of carboxylic acid groups (broad SMARTS) is 1. The third-order valence-corrected chi connectivity index (χ3v) is 5.25. The molecule has 0 radical (unpaired) electrons. The van der Waals surface area contributed by atoms with Gasteiger partial charge in [0.2, 0.25) is 5.75 Å². The molecule has 1 aliphatic heterocycles. The molecule has 1 aliphatic carbocycles.